The largest absolute Gasteiger partial charge is 0.497 e. The normalized spacial score (nSPS) is 9.41. The Kier molecular flexibility index (Phi) is 5.63. The van der Waals surface area contributed by atoms with Crippen LogP contribution in [-0.4, -0.2) is 17.3 Å². The summed E-state index contributed by atoms with van der Waals surface area (Å²) in [5.74, 6) is 0.856. The maximum absolute atomic E-state index is 5.08. The van der Waals surface area contributed by atoms with Gasteiger partial charge in [0, 0.05) is 5.56 Å². The quantitative estimate of drug-likeness (QED) is 0.809. The number of aryl methyl sites for hydroxylation is 1. The highest BCUT2D eigenvalue weighted by molar-refractivity contribution is 7.14. The first-order valence-electron chi connectivity index (χ1n) is 5.65. The lowest BCUT2D eigenvalue weighted by Gasteiger charge is -1.99. The summed E-state index contributed by atoms with van der Waals surface area (Å²) in [6.07, 6.45) is 1.25. The third-order valence-corrected chi connectivity index (χ3v) is 2.75. The van der Waals surface area contributed by atoms with Crippen molar-refractivity contribution < 1.29 is 4.74 Å². The molecule has 0 N–H and O–H groups in total. The molecule has 0 spiro atoms. The predicted octanol–water partition coefficient (Wildman–Crippen LogP) is 3.94. The highest BCUT2D eigenvalue weighted by Gasteiger charge is 2.03. The van der Waals surface area contributed by atoms with Crippen molar-refractivity contribution in [2.75, 3.05) is 7.11 Å². The van der Waals surface area contributed by atoms with Gasteiger partial charge >= 0.3 is 0 Å². The maximum Gasteiger partial charge on any atom is 0.147 e. The molecule has 92 valence electrons. The summed E-state index contributed by atoms with van der Waals surface area (Å²) in [4.78, 5) is 0. The Morgan fingerprint density at radius 1 is 1.12 bits per heavy atom. The van der Waals surface area contributed by atoms with Gasteiger partial charge in [-0.15, -0.1) is 10.2 Å². The van der Waals surface area contributed by atoms with Crippen LogP contribution in [0.3, 0.4) is 0 Å². The fourth-order valence-corrected chi connectivity index (χ4v) is 1.84. The summed E-state index contributed by atoms with van der Waals surface area (Å²) in [5.41, 5.74) is 1.08. The van der Waals surface area contributed by atoms with Gasteiger partial charge < -0.3 is 4.74 Å². The predicted molar refractivity (Wildman–Crippen MR) is 72.6 cm³/mol. The number of methoxy groups -OCH3 is 1. The highest BCUT2D eigenvalue weighted by Crippen LogP contribution is 2.24. The molecule has 0 saturated carbocycles. The molecule has 4 heteroatoms. The molecule has 2 aromatic rings. The van der Waals surface area contributed by atoms with Crippen molar-refractivity contribution in [2.24, 2.45) is 0 Å². The van der Waals surface area contributed by atoms with E-state index in [1.165, 1.54) is 6.42 Å². The summed E-state index contributed by atoms with van der Waals surface area (Å²) in [7, 11) is 1.66. The smallest absolute Gasteiger partial charge is 0.147 e. The van der Waals surface area contributed by atoms with Crippen LogP contribution < -0.4 is 4.74 Å². The number of aromatic nitrogens is 2. The zero-order valence-corrected chi connectivity index (χ0v) is 11.5. The van der Waals surface area contributed by atoms with Gasteiger partial charge in [0.1, 0.15) is 15.8 Å². The first kappa shape index (κ1) is 13.6. The van der Waals surface area contributed by atoms with Crippen molar-refractivity contribution in [3.8, 4) is 16.3 Å². The lowest BCUT2D eigenvalue weighted by atomic mass is 10.2. The van der Waals surface area contributed by atoms with E-state index in [1.54, 1.807) is 18.4 Å². The van der Waals surface area contributed by atoms with Gasteiger partial charge in [-0.1, -0.05) is 31.6 Å². The highest BCUT2D eigenvalue weighted by atomic mass is 32.1. The van der Waals surface area contributed by atoms with E-state index in [4.69, 9.17) is 4.74 Å². The molecular weight excluding hydrogens is 232 g/mol. The summed E-state index contributed by atoms with van der Waals surface area (Å²) in [5, 5.41) is 9.97. The van der Waals surface area contributed by atoms with Crippen LogP contribution in [-0.2, 0) is 0 Å². The van der Waals surface area contributed by atoms with Crippen molar-refractivity contribution in [2.45, 2.75) is 27.2 Å². The molecule has 0 aliphatic heterocycles. The van der Waals surface area contributed by atoms with Gasteiger partial charge in [-0.05, 0) is 31.2 Å². The van der Waals surface area contributed by atoms with Crippen LogP contribution in [0.25, 0.3) is 10.6 Å². The molecule has 3 nitrogen and oxygen atoms in total. The van der Waals surface area contributed by atoms with Crippen LogP contribution in [0.2, 0.25) is 0 Å². The topological polar surface area (TPSA) is 35.0 Å². The second-order valence-corrected chi connectivity index (χ2v) is 4.74. The molecule has 0 aliphatic carbocycles. The molecule has 1 aromatic heterocycles. The Labute approximate surface area is 106 Å². The molecular formula is C13H18N2OS. The second kappa shape index (κ2) is 7.01. The third kappa shape index (κ3) is 4.15. The number of hydrogen-bond acceptors (Lipinski definition) is 4. The van der Waals surface area contributed by atoms with Gasteiger partial charge in [-0.25, -0.2) is 0 Å². The van der Waals surface area contributed by atoms with Gasteiger partial charge in [0.25, 0.3) is 0 Å². The summed E-state index contributed by atoms with van der Waals surface area (Å²) in [6, 6.07) is 7.82. The average molecular weight is 250 g/mol. The third-order valence-electron chi connectivity index (χ3n) is 1.86. The summed E-state index contributed by atoms with van der Waals surface area (Å²) < 4.78 is 5.08. The van der Waals surface area contributed by atoms with Crippen molar-refractivity contribution in [1.29, 1.82) is 0 Å². The number of nitrogens with zero attached hydrogens (tertiary/aromatic N) is 2. The van der Waals surface area contributed by atoms with Crippen LogP contribution in [0.4, 0.5) is 0 Å². The lowest BCUT2D eigenvalue weighted by Crippen LogP contribution is -1.82. The fraction of sp³-hybridized carbons (Fsp3) is 0.385. The van der Waals surface area contributed by atoms with Crippen LogP contribution in [0.1, 0.15) is 25.3 Å². The average Bonchev–Trinajstić information content (AvgIpc) is 2.77. The lowest BCUT2D eigenvalue weighted by molar-refractivity contribution is 0.415. The zero-order valence-electron chi connectivity index (χ0n) is 10.7. The van der Waals surface area contributed by atoms with Crippen molar-refractivity contribution >= 4 is 11.3 Å². The van der Waals surface area contributed by atoms with Crippen LogP contribution in [0, 0.1) is 6.92 Å². The zero-order chi connectivity index (χ0) is 12.7. The Balaban J connectivity index is 0.000000437. The van der Waals surface area contributed by atoms with Crippen molar-refractivity contribution in [1.82, 2.24) is 10.2 Å². The molecule has 1 heterocycles. The van der Waals surface area contributed by atoms with Gasteiger partial charge in [0.05, 0.1) is 7.11 Å². The Bertz CT molecular complexity index is 437. The van der Waals surface area contributed by atoms with Crippen LogP contribution in [0.15, 0.2) is 24.3 Å². The number of hydrogen-bond donors (Lipinski definition) is 0. The minimum absolute atomic E-state index is 0.856. The molecule has 0 bridgehead atoms. The van der Waals surface area contributed by atoms with Gasteiger partial charge in [0.2, 0.25) is 0 Å². The van der Waals surface area contributed by atoms with Gasteiger partial charge in [-0.2, -0.15) is 0 Å². The van der Waals surface area contributed by atoms with Crippen molar-refractivity contribution in [3.63, 3.8) is 0 Å². The molecule has 17 heavy (non-hydrogen) atoms. The van der Waals surface area contributed by atoms with Crippen molar-refractivity contribution in [3.05, 3.63) is 29.3 Å². The molecule has 0 unspecified atom stereocenters. The van der Waals surface area contributed by atoms with E-state index in [-0.39, 0.29) is 0 Å². The van der Waals surface area contributed by atoms with E-state index >= 15 is 0 Å². The first-order valence-corrected chi connectivity index (χ1v) is 6.47. The van der Waals surface area contributed by atoms with E-state index in [2.05, 4.69) is 24.0 Å². The SMILES string of the molecule is CCC.COc1ccc(-c2nnc(C)s2)cc1. The summed E-state index contributed by atoms with van der Waals surface area (Å²) >= 11 is 1.59. The molecule has 0 radical (unpaired) electrons. The Morgan fingerprint density at radius 3 is 2.12 bits per heavy atom. The van der Waals surface area contributed by atoms with E-state index in [1.807, 2.05) is 31.2 Å². The maximum atomic E-state index is 5.08. The number of ether oxygens (including phenoxy) is 1. The Morgan fingerprint density at radius 2 is 1.71 bits per heavy atom. The Hall–Kier alpha value is -1.42. The molecule has 0 atom stereocenters. The fourth-order valence-electron chi connectivity index (χ4n) is 1.15. The molecule has 0 fully saturated rings. The van der Waals surface area contributed by atoms with E-state index in [0.29, 0.717) is 0 Å². The van der Waals surface area contributed by atoms with Crippen LogP contribution in [0.5, 0.6) is 5.75 Å². The molecule has 0 aliphatic rings. The molecule has 2 rings (SSSR count). The summed E-state index contributed by atoms with van der Waals surface area (Å²) in [6.45, 7) is 6.20. The molecule has 0 amide bonds. The minimum atomic E-state index is 0.856. The first-order chi connectivity index (χ1) is 8.21. The number of rotatable bonds is 2. The number of benzene rings is 1. The molecule has 1 aromatic carbocycles. The second-order valence-electron chi connectivity index (χ2n) is 3.56. The monoisotopic (exact) mass is 250 g/mol. The van der Waals surface area contributed by atoms with Crippen LogP contribution >= 0.6 is 11.3 Å². The minimum Gasteiger partial charge on any atom is -0.497 e. The van der Waals surface area contributed by atoms with Gasteiger partial charge in [-0.3, -0.25) is 0 Å². The van der Waals surface area contributed by atoms with E-state index in [0.717, 1.165) is 21.3 Å². The molecule has 0 saturated heterocycles. The van der Waals surface area contributed by atoms with Gasteiger partial charge in [0.15, 0.2) is 0 Å². The van der Waals surface area contributed by atoms with E-state index < -0.39 is 0 Å². The standard InChI is InChI=1S/C10H10N2OS.C3H8/c1-7-11-12-10(14-7)8-3-5-9(13-2)6-4-8;1-3-2/h3-6H,1-2H3;3H2,1-2H3. The van der Waals surface area contributed by atoms with E-state index in [9.17, 15) is 0 Å².